The van der Waals surface area contributed by atoms with Crippen molar-refractivity contribution in [2.75, 3.05) is 30.9 Å². The molecular formula is C15H24N2O. The number of hydrogen-bond acceptors (Lipinski definition) is 3. The first kappa shape index (κ1) is 13.2. The molecule has 1 aromatic carbocycles. The molecule has 18 heavy (non-hydrogen) atoms. The maximum atomic E-state index is 5.98. The second-order valence-electron chi connectivity index (χ2n) is 5.86. The van der Waals surface area contributed by atoms with Crippen LogP contribution in [-0.4, -0.2) is 32.3 Å². The standard InChI is InChI=1S/C15H24N2O/c1-15(2)9-8-14(18-15)11-16-12-6-5-7-13(10-12)17(3)4/h5-7,10,14,16H,8-9,11H2,1-4H3. The SMILES string of the molecule is CN(C)c1cccc(NCC2CCC(C)(C)O2)c1. The first-order valence-electron chi connectivity index (χ1n) is 6.65. The van der Waals surface area contributed by atoms with E-state index in [0.29, 0.717) is 6.10 Å². The molecule has 1 fully saturated rings. The van der Waals surface area contributed by atoms with E-state index in [1.54, 1.807) is 0 Å². The summed E-state index contributed by atoms with van der Waals surface area (Å²) in [7, 11) is 4.11. The maximum absolute atomic E-state index is 5.98. The van der Waals surface area contributed by atoms with Gasteiger partial charge in [-0.15, -0.1) is 0 Å². The Kier molecular flexibility index (Phi) is 3.81. The topological polar surface area (TPSA) is 24.5 Å². The Hall–Kier alpha value is -1.22. The third kappa shape index (κ3) is 3.39. The van der Waals surface area contributed by atoms with Crippen molar-refractivity contribution in [3.63, 3.8) is 0 Å². The van der Waals surface area contributed by atoms with Gasteiger partial charge in [-0.25, -0.2) is 0 Å². The van der Waals surface area contributed by atoms with Gasteiger partial charge in [0.2, 0.25) is 0 Å². The van der Waals surface area contributed by atoms with Crippen molar-refractivity contribution < 1.29 is 4.74 Å². The van der Waals surface area contributed by atoms with Crippen molar-refractivity contribution in [1.29, 1.82) is 0 Å². The van der Waals surface area contributed by atoms with Gasteiger partial charge in [-0.3, -0.25) is 0 Å². The van der Waals surface area contributed by atoms with Gasteiger partial charge < -0.3 is 15.0 Å². The Morgan fingerprint density at radius 2 is 2.17 bits per heavy atom. The van der Waals surface area contributed by atoms with Gasteiger partial charge in [0.25, 0.3) is 0 Å². The minimum atomic E-state index is 0.0534. The lowest BCUT2D eigenvalue weighted by Gasteiger charge is -2.20. The van der Waals surface area contributed by atoms with E-state index in [1.807, 2.05) is 0 Å². The van der Waals surface area contributed by atoms with E-state index in [0.717, 1.165) is 25.1 Å². The second-order valence-corrected chi connectivity index (χ2v) is 5.86. The third-order valence-electron chi connectivity index (χ3n) is 3.45. The molecule has 1 heterocycles. The summed E-state index contributed by atoms with van der Waals surface area (Å²) >= 11 is 0. The van der Waals surface area contributed by atoms with E-state index in [1.165, 1.54) is 5.69 Å². The number of nitrogens with zero attached hydrogens (tertiary/aromatic N) is 1. The van der Waals surface area contributed by atoms with Crippen LogP contribution in [0.25, 0.3) is 0 Å². The highest BCUT2D eigenvalue weighted by Gasteiger charge is 2.31. The van der Waals surface area contributed by atoms with Crippen LogP contribution < -0.4 is 10.2 Å². The van der Waals surface area contributed by atoms with Gasteiger partial charge in [0.15, 0.2) is 0 Å². The van der Waals surface area contributed by atoms with Crippen LogP contribution in [0.2, 0.25) is 0 Å². The molecule has 1 atom stereocenters. The fourth-order valence-corrected chi connectivity index (χ4v) is 2.35. The number of hydrogen-bond donors (Lipinski definition) is 1. The molecule has 0 saturated carbocycles. The lowest BCUT2D eigenvalue weighted by atomic mass is 10.1. The molecule has 0 radical (unpaired) electrons. The first-order chi connectivity index (χ1) is 8.46. The average molecular weight is 248 g/mol. The molecule has 0 spiro atoms. The van der Waals surface area contributed by atoms with Crippen LogP contribution in [0.4, 0.5) is 11.4 Å². The summed E-state index contributed by atoms with van der Waals surface area (Å²) in [4.78, 5) is 2.11. The van der Waals surface area contributed by atoms with Gasteiger partial charge in [0.05, 0.1) is 11.7 Å². The number of ether oxygens (including phenoxy) is 1. The van der Waals surface area contributed by atoms with Gasteiger partial charge in [-0.2, -0.15) is 0 Å². The van der Waals surface area contributed by atoms with Crippen molar-refractivity contribution in [3.05, 3.63) is 24.3 Å². The summed E-state index contributed by atoms with van der Waals surface area (Å²) in [5.74, 6) is 0. The molecule has 1 saturated heterocycles. The normalized spacial score (nSPS) is 21.9. The van der Waals surface area contributed by atoms with E-state index in [4.69, 9.17) is 4.74 Å². The minimum absolute atomic E-state index is 0.0534. The van der Waals surface area contributed by atoms with Crippen LogP contribution in [0.3, 0.4) is 0 Å². The second kappa shape index (κ2) is 5.19. The van der Waals surface area contributed by atoms with Crippen molar-refractivity contribution in [3.8, 4) is 0 Å². The zero-order valence-corrected chi connectivity index (χ0v) is 11.9. The van der Waals surface area contributed by atoms with Crippen molar-refractivity contribution in [1.82, 2.24) is 0 Å². The van der Waals surface area contributed by atoms with Crippen molar-refractivity contribution in [2.24, 2.45) is 0 Å². The average Bonchev–Trinajstić information content (AvgIpc) is 2.67. The van der Waals surface area contributed by atoms with Crippen LogP contribution in [0.15, 0.2) is 24.3 Å². The van der Waals surface area contributed by atoms with E-state index in [9.17, 15) is 0 Å². The fourth-order valence-electron chi connectivity index (χ4n) is 2.35. The van der Waals surface area contributed by atoms with E-state index < -0.39 is 0 Å². The predicted molar refractivity (Wildman–Crippen MR) is 77.4 cm³/mol. The molecule has 0 amide bonds. The highest BCUT2D eigenvalue weighted by Crippen LogP contribution is 2.29. The molecule has 3 heteroatoms. The highest BCUT2D eigenvalue weighted by atomic mass is 16.5. The molecule has 1 aliphatic heterocycles. The Bertz CT molecular complexity index is 401. The molecule has 0 bridgehead atoms. The summed E-state index contributed by atoms with van der Waals surface area (Å²) in [5, 5.41) is 3.47. The fraction of sp³-hybridized carbons (Fsp3) is 0.600. The molecule has 1 aromatic rings. The Labute approximate surface area is 110 Å². The zero-order valence-electron chi connectivity index (χ0n) is 11.9. The molecule has 1 N–H and O–H groups in total. The van der Waals surface area contributed by atoms with Crippen LogP contribution in [0, 0.1) is 0 Å². The smallest absolute Gasteiger partial charge is 0.0755 e. The summed E-state index contributed by atoms with van der Waals surface area (Å²) < 4.78 is 5.98. The monoisotopic (exact) mass is 248 g/mol. The first-order valence-corrected chi connectivity index (χ1v) is 6.65. The molecule has 0 aromatic heterocycles. The van der Waals surface area contributed by atoms with Crippen LogP contribution >= 0.6 is 0 Å². The highest BCUT2D eigenvalue weighted by molar-refractivity contribution is 5.57. The van der Waals surface area contributed by atoms with E-state index in [-0.39, 0.29) is 5.60 Å². The Morgan fingerprint density at radius 1 is 1.39 bits per heavy atom. The van der Waals surface area contributed by atoms with Crippen LogP contribution in [-0.2, 0) is 4.74 Å². The molecule has 1 aliphatic rings. The molecule has 1 unspecified atom stereocenters. The molecule has 2 rings (SSSR count). The van der Waals surface area contributed by atoms with Crippen LogP contribution in [0.5, 0.6) is 0 Å². The lowest BCUT2D eigenvalue weighted by Crippen LogP contribution is -2.24. The molecule has 0 aliphatic carbocycles. The predicted octanol–water partition coefficient (Wildman–Crippen LogP) is 3.12. The van der Waals surface area contributed by atoms with Crippen LogP contribution in [0.1, 0.15) is 26.7 Å². The number of nitrogens with one attached hydrogen (secondary N) is 1. The van der Waals surface area contributed by atoms with E-state index >= 15 is 0 Å². The quantitative estimate of drug-likeness (QED) is 0.886. The molecule has 3 nitrogen and oxygen atoms in total. The maximum Gasteiger partial charge on any atom is 0.0755 e. The molecular weight excluding hydrogens is 224 g/mol. The summed E-state index contributed by atoms with van der Waals surface area (Å²) in [5.41, 5.74) is 2.43. The minimum Gasteiger partial charge on any atom is -0.382 e. The Morgan fingerprint density at radius 3 is 2.78 bits per heavy atom. The van der Waals surface area contributed by atoms with Crippen molar-refractivity contribution in [2.45, 2.75) is 38.4 Å². The Balaban J connectivity index is 1.89. The largest absolute Gasteiger partial charge is 0.382 e. The van der Waals surface area contributed by atoms with Crippen molar-refractivity contribution >= 4 is 11.4 Å². The molecule has 100 valence electrons. The lowest BCUT2D eigenvalue weighted by molar-refractivity contribution is -0.00910. The number of anilines is 2. The third-order valence-corrected chi connectivity index (χ3v) is 3.45. The van der Waals surface area contributed by atoms with E-state index in [2.05, 4.69) is 62.4 Å². The van der Waals surface area contributed by atoms with Gasteiger partial charge in [0, 0.05) is 32.0 Å². The number of benzene rings is 1. The number of rotatable bonds is 4. The van der Waals surface area contributed by atoms with Gasteiger partial charge in [-0.1, -0.05) is 6.07 Å². The summed E-state index contributed by atoms with van der Waals surface area (Å²) in [6.45, 7) is 5.22. The van der Waals surface area contributed by atoms with Gasteiger partial charge >= 0.3 is 0 Å². The van der Waals surface area contributed by atoms with Gasteiger partial charge in [-0.05, 0) is 44.9 Å². The zero-order chi connectivity index (χ0) is 13.2. The summed E-state index contributed by atoms with van der Waals surface area (Å²) in [6, 6.07) is 8.46. The van der Waals surface area contributed by atoms with Gasteiger partial charge in [0.1, 0.15) is 0 Å². The summed E-state index contributed by atoms with van der Waals surface area (Å²) in [6.07, 6.45) is 2.63.